The molecule has 0 bridgehead atoms. The number of benzene rings is 3. The van der Waals surface area contributed by atoms with Crippen LogP contribution in [0.25, 0.3) is 0 Å². The van der Waals surface area contributed by atoms with Gasteiger partial charge in [0.15, 0.2) is 5.78 Å². The van der Waals surface area contributed by atoms with Crippen LogP contribution in [0.5, 0.6) is 0 Å². The van der Waals surface area contributed by atoms with Gasteiger partial charge in [-0.05, 0) is 36.4 Å². The zero-order valence-electron chi connectivity index (χ0n) is 17.1. The number of piperazine rings is 1. The monoisotopic (exact) mass is 468 g/mol. The molecule has 0 saturated carbocycles. The van der Waals surface area contributed by atoms with E-state index in [-0.39, 0.29) is 42.8 Å². The first-order valence-electron chi connectivity index (χ1n) is 10.1. The number of halogens is 1. The normalized spacial score (nSPS) is 14.8. The summed E-state index contributed by atoms with van der Waals surface area (Å²) in [5.41, 5.74) is 1.56. The smallest absolute Gasteiger partial charge is 0.253 e. The van der Waals surface area contributed by atoms with Crippen molar-refractivity contribution < 1.29 is 18.0 Å². The van der Waals surface area contributed by atoms with Crippen LogP contribution in [0, 0.1) is 0 Å². The van der Waals surface area contributed by atoms with Gasteiger partial charge in [0, 0.05) is 47.9 Å². The topological polar surface area (TPSA) is 74.8 Å². The second-order valence-corrected chi connectivity index (χ2v) is 9.80. The summed E-state index contributed by atoms with van der Waals surface area (Å²) in [4.78, 5) is 27.2. The summed E-state index contributed by atoms with van der Waals surface area (Å²) in [7, 11) is -3.63. The lowest BCUT2D eigenvalue weighted by molar-refractivity contribution is 0.0697. The highest BCUT2D eigenvalue weighted by atomic mass is 35.5. The van der Waals surface area contributed by atoms with Gasteiger partial charge in [0.1, 0.15) is 0 Å². The molecule has 1 amide bonds. The summed E-state index contributed by atoms with van der Waals surface area (Å²) >= 11 is 5.85. The molecule has 0 spiro atoms. The predicted octanol–water partition coefficient (Wildman–Crippen LogP) is 3.72. The molecular formula is C24H21ClN2O4S. The number of sulfonamides is 1. The molecule has 4 rings (SSSR count). The summed E-state index contributed by atoms with van der Waals surface area (Å²) in [6.07, 6.45) is 0. The first-order valence-corrected chi connectivity index (χ1v) is 11.9. The number of amides is 1. The molecule has 1 aliphatic heterocycles. The molecule has 32 heavy (non-hydrogen) atoms. The molecule has 0 aliphatic carbocycles. The van der Waals surface area contributed by atoms with E-state index >= 15 is 0 Å². The van der Waals surface area contributed by atoms with Gasteiger partial charge >= 0.3 is 0 Å². The van der Waals surface area contributed by atoms with E-state index in [1.165, 1.54) is 16.4 Å². The van der Waals surface area contributed by atoms with Crippen molar-refractivity contribution in [3.8, 4) is 0 Å². The fraction of sp³-hybridized carbons (Fsp3) is 0.167. The SMILES string of the molecule is O=C(c1ccccc1)c1ccc(C(=O)N2CCN(S(=O)(=O)c3ccc(Cl)cc3)CC2)cc1. The standard InChI is InChI=1S/C24H21ClN2O4S/c25-21-10-12-22(13-11-21)32(30,31)27-16-14-26(15-17-27)24(29)20-8-6-19(7-9-20)23(28)18-4-2-1-3-5-18/h1-13H,14-17H2. The molecule has 0 aromatic heterocycles. The molecule has 3 aromatic rings. The van der Waals surface area contributed by atoms with Crippen molar-refractivity contribution in [1.82, 2.24) is 9.21 Å². The molecule has 1 aliphatic rings. The molecule has 0 atom stereocenters. The predicted molar refractivity (Wildman–Crippen MR) is 122 cm³/mol. The summed E-state index contributed by atoms with van der Waals surface area (Å²) < 4.78 is 27.0. The van der Waals surface area contributed by atoms with Crippen molar-refractivity contribution >= 4 is 33.3 Å². The van der Waals surface area contributed by atoms with Crippen LogP contribution in [-0.2, 0) is 10.0 Å². The van der Waals surface area contributed by atoms with Crippen LogP contribution in [0.2, 0.25) is 5.02 Å². The number of rotatable bonds is 5. The Morgan fingerprint density at radius 2 is 1.22 bits per heavy atom. The minimum absolute atomic E-state index is 0.106. The highest BCUT2D eigenvalue weighted by molar-refractivity contribution is 7.89. The van der Waals surface area contributed by atoms with Crippen LogP contribution in [0.1, 0.15) is 26.3 Å². The van der Waals surface area contributed by atoms with E-state index in [9.17, 15) is 18.0 Å². The lowest BCUT2D eigenvalue weighted by Gasteiger charge is -2.34. The molecule has 0 N–H and O–H groups in total. The van der Waals surface area contributed by atoms with E-state index in [2.05, 4.69) is 0 Å². The summed E-state index contributed by atoms with van der Waals surface area (Å²) in [6, 6.07) is 21.5. The lowest BCUT2D eigenvalue weighted by atomic mass is 10.0. The van der Waals surface area contributed by atoms with Crippen molar-refractivity contribution in [3.05, 3.63) is 101 Å². The van der Waals surface area contributed by atoms with Crippen LogP contribution in [0.3, 0.4) is 0 Å². The van der Waals surface area contributed by atoms with Gasteiger partial charge in [-0.2, -0.15) is 4.31 Å². The Kier molecular flexibility index (Phi) is 6.41. The maximum atomic E-state index is 12.9. The molecule has 1 heterocycles. The zero-order valence-corrected chi connectivity index (χ0v) is 18.7. The largest absolute Gasteiger partial charge is 0.336 e. The highest BCUT2D eigenvalue weighted by Crippen LogP contribution is 2.21. The molecule has 0 radical (unpaired) electrons. The fourth-order valence-corrected chi connectivity index (χ4v) is 5.14. The Morgan fingerprint density at radius 1 is 0.688 bits per heavy atom. The van der Waals surface area contributed by atoms with Crippen LogP contribution < -0.4 is 0 Å². The number of hydrogen-bond donors (Lipinski definition) is 0. The van der Waals surface area contributed by atoms with Crippen molar-refractivity contribution in [2.24, 2.45) is 0 Å². The third kappa shape index (κ3) is 4.60. The van der Waals surface area contributed by atoms with Crippen LogP contribution >= 0.6 is 11.6 Å². The third-order valence-corrected chi connectivity index (χ3v) is 7.57. The molecule has 3 aromatic carbocycles. The molecule has 8 heteroatoms. The second-order valence-electron chi connectivity index (χ2n) is 7.42. The number of hydrogen-bond acceptors (Lipinski definition) is 4. The van der Waals surface area contributed by atoms with E-state index in [4.69, 9.17) is 11.6 Å². The Hall–Kier alpha value is -3.00. The van der Waals surface area contributed by atoms with Crippen molar-refractivity contribution in [2.75, 3.05) is 26.2 Å². The minimum Gasteiger partial charge on any atom is -0.336 e. The lowest BCUT2D eigenvalue weighted by Crippen LogP contribution is -2.50. The maximum Gasteiger partial charge on any atom is 0.253 e. The van der Waals surface area contributed by atoms with Gasteiger partial charge in [-0.3, -0.25) is 9.59 Å². The quantitative estimate of drug-likeness (QED) is 0.535. The zero-order chi connectivity index (χ0) is 22.7. The van der Waals surface area contributed by atoms with E-state index in [0.29, 0.717) is 21.7 Å². The Morgan fingerprint density at radius 3 is 1.81 bits per heavy atom. The van der Waals surface area contributed by atoms with Crippen molar-refractivity contribution in [3.63, 3.8) is 0 Å². The number of ketones is 1. The molecule has 1 saturated heterocycles. The van der Waals surface area contributed by atoms with E-state index in [1.807, 2.05) is 6.07 Å². The second kappa shape index (κ2) is 9.24. The van der Waals surface area contributed by atoms with Gasteiger partial charge in [0.25, 0.3) is 5.91 Å². The summed E-state index contributed by atoms with van der Waals surface area (Å²) in [6.45, 7) is 0.995. The molecule has 164 valence electrons. The number of carbonyl (C=O) groups excluding carboxylic acids is 2. The van der Waals surface area contributed by atoms with Gasteiger partial charge in [0.05, 0.1) is 4.90 Å². The summed E-state index contributed by atoms with van der Waals surface area (Å²) in [5.74, 6) is -0.294. The fourth-order valence-electron chi connectivity index (χ4n) is 3.59. The van der Waals surface area contributed by atoms with E-state index in [0.717, 1.165) is 0 Å². The molecule has 6 nitrogen and oxygen atoms in total. The van der Waals surface area contributed by atoms with Gasteiger partial charge in [0.2, 0.25) is 10.0 Å². The Labute approximate surface area is 192 Å². The highest BCUT2D eigenvalue weighted by Gasteiger charge is 2.30. The number of nitrogens with zero attached hydrogens (tertiary/aromatic N) is 2. The maximum absolute atomic E-state index is 12.9. The van der Waals surface area contributed by atoms with Gasteiger partial charge < -0.3 is 4.90 Å². The third-order valence-electron chi connectivity index (χ3n) is 5.41. The van der Waals surface area contributed by atoms with E-state index < -0.39 is 10.0 Å². The van der Waals surface area contributed by atoms with Crippen molar-refractivity contribution in [2.45, 2.75) is 4.90 Å². The van der Waals surface area contributed by atoms with Crippen LogP contribution in [-0.4, -0.2) is 55.5 Å². The Bertz CT molecular complexity index is 1220. The molecule has 1 fully saturated rings. The minimum atomic E-state index is -3.63. The molecular weight excluding hydrogens is 448 g/mol. The van der Waals surface area contributed by atoms with Gasteiger partial charge in [-0.1, -0.05) is 54.1 Å². The summed E-state index contributed by atoms with van der Waals surface area (Å²) in [5, 5.41) is 0.468. The van der Waals surface area contributed by atoms with Crippen molar-refractivity contribution in [1.29, 1.82) is 0 Å². The van der Waals surface area contributed by atoms with Crippen LogP contribution in [0.15, 0.2) is 83.8 Å². The van der Waals surface area contributed by atoms with Gasteiger partial charge in [-0.15, -0.1) is 0 Å². The average molecular weight is 469 g/mol. The Balaban J connectivity index is 1.40. The van der Waals surface area contributed by atoms with Crippen LogP contribution in [0.4, 0.5) is 0 Å². The molecule has 0 unspecified atom stereocenters. The first-order chi connectivity index (χ1) is 15.4. The first kappa shape index (κ1) is 22.2. The average Bonchev–Trinajstić information content (AvgIpc) is 2.84. The van der Waals surface area contributed by atoms with E-state index in [1.54, 1.807) is 65.6 Å². The van der Waals surface area contributed by atoms with Gasteiger partial charge in [-0.25, -0.2) is 8.42 Å². The number of carbonyl (C=O) groups is 2.